The predicted molar refractivity (Wildman–Crippen MR) is 96.5 cm³/mol. The third-order valence-electron chi connectivity index (χ3n) is 5.19. The highest BCUT2D eigenvalue weighted by molar-refractivity contribution is 6.30. The molecular formula is C19H26ClFN2O2. The van der Waals surface area contributed by atoms with Crippen molar-refractivity contribution >= 4 is 17.5 Å². The zero-order chi connectivity index (χ0) is 17.6. The average Bonchev–Trinajstić information content (AvgIpc) is 2.89. The standard InChI is InChI=1S/C19H26ClFN2O2/c20-17-11-16(7-8-18(17)21)25-13-19(24)22-14-9-10-23(12-14)15-5-3-1-2-4-6-15/h7-8,11,14-15H,1-6,9-10,12-13H2,(H,22,24). The number of hydrogen-bond donors (Lipinski definition) is 1. The molecule has 1 aromatic carbocycles. The summed E-state index contributed by atoms with van der Waals surface area (Å²) in [6.45, 7) is 1.91. The van der Waals surface area contributed by atoms with Gasteiger partial charge in [-0.1, -0.05) is 37.3 Å². The second-order valence-electron chi connectivity index (χ2n) is 7.06. The van der Waals surface area contributed by atoms with Gasteiger partial charge in [-0.25, -0.2) is 4.39 Å². The molecule has 0 bridgehead atoms. The molecule has 1 saturated carbocycles. The molecule has 1 unspecified atom stereocenters. The van der Waals surface area contributed by atoms with Crippen molar-refractivity contribution in [2.75, 3.05) is 19.7 Å². The number of halogens is 2. The Morgan fingerprint density at radius 2 is 2.00 bits per heavy atom. The van der Waals surface area contributed by atoms with E-state index in [1.165, 1.54) is 56.7 Å². The largest absolute Gasteiger partial charge is 0.484 e. The number of hydrogen-bond acceptors (Lipinski definition) is 3. The second kappa shape index (κ2) is 8.86. The van der Waals surface area contributed by atoms with Gasteiger partial charge in [-0.3, -0.25) is 9.69 Å². The zero-order valence-corrected chi connectivity index (χ0v) is 15.2. The van der Waals surface area contributed by atoms with E-state index in [2.05, 4.69) is 10.2 Å². The van der Waals surface area contributed by atoms with Crippen molar-refractivity contribution < 1.29 is 13.9 Å². The lowest BCUT2D eigenvalue weighted by Crippen LogP contribution is -2.41. The van der Waals surface area contributed by atoms with Gasteiger partial charge >= 0.3 is 0 Å². The van der Waals surface area contributed by atoms with Crippen LogP contribution in [0.15, 0.2) is 18.2 Å². The lowest BCUT2D eigenvalue weighted by molar-refractivity contribution is -0.123. The average molecular weight is 369 g/mol. The SMILES string of the molecule is O=C(COc1ccc(F)c(Cl)c1)NC1CCN(C2CCCCCC2)C1. The third kappa shape index (κ3) is 5.32. The fourth-order valence-corrected chi connectivity index (χ4v) is 4.02. The Kier molecular flexibility index (Phi) is 6.54. The van der Waals surface area contributed by atoms with E-state index < -0.39 is 5.82 Å². The van der Waals surface area contributed by atoms with E-state index in [-0.39, 0.29) is 23.6 Å². The Labute approximate surface area is 153 Å². The van der Waals surface area contributed by atoms with Crippen LogP contribution in [0.4, 0.5) is 4.39 Å². The maximum atomic E-state index is 13.1. The minimum absolute atomic E-state index is 0.00672. The van der Waals surface area contributed by atoms with Crippen LogP contribution in [0.2, 0.25) is 5.02 Å². The number of carbonyl (C=O) groups is 1. The lowest BCUT2D eigenvalue weighted by Gasteiger charge is -2.26. The normalized spacial score (nSPS) is 22.6. The first-order valence-corrected chi connectivity index (χ1v) is 9.61. The number of benzene rings is 1. The smallest absolute Gasteiger partial charge is 0.258 e. The van der Waals surface area contributed by atoms with E-state index in [1.54, 1.807) is 0 Å². The molecule has 138 valence electrons. The van der Waals surface area contributed by atoms with Crippen LogP contribution in [-0.4, -0.2) is 42.6 Å². The van der Waals surface area contributed by atoms with Crippen molar-refractivity contribution in [1.29, 1.82) is 0 Å². The number of likely N-dealkylation sites (tertiary alicyclic amines) is 1. The third-order valence-corrected chi connectivity index (χ3v) is 5.48. The topological polar surface area (TPSA) is 41.6 Å². The highest BCUT2D eigenvalue weighted by Crippen LogP contribution is 2.25. The Morgan fingerprint density at radius 3 is 2.72 bits per heavy atom. The number of nitrogens with zero attached hydrogens (tertiary/aromatic N) is 1. The minimum atomic E-state index is -0.497. The van der Waals surface area contributed by atoms with Gasteiger partial charge in [0.1, 0.15) is 11.6 Å². The number of nitrogens with one attached hydrogen (secondary N) is 1. The van der Waals surface area contributed by atoms with Gasteiger partial charge in [0, 0.05) is 31.2 Å². The predicted octanol–water partition coefficient (Wildman–Crippen LogP) is 3.77. The Hall–Kier alpha value is -1.33. The highest BCUT2D eigenvalue weighted by atomic mass is 35.5. The van der Waals surface area contributed by atoms with Crippen molar-refractivity contribution in [2.45, 2.75) is 57.0 Å². The molecule has 3 rings (SSSR count). The fourth-order valence-electron chi connectivity index (χ4n) is 3.84. The van der Waals surface area contributed by atoms with Crippen LogP contribution in [0.5, 0.6) is 5.75 Å². The van der Waals surface area contributed by atoms with Crippen LogP contribution < -0.4 is 10.1 Å². The molecule has 0 spiro atoms. The molecule has 0 radical (unpaired) electrons. The molecule has 2 aliphatic rings. The molecule has 1 amide bonds. The fraction of sp³-hybridized carbons (Fsp3) is 0.632. The van der Waals surface area contributed by atoms with Gasteiger partial charge in [-0.05, 0) is 31.4 Å². The van der Waals surface area contributed by atoms with Crippen molar-refractivity contribution in [3.8, 4) is 5.75 Å². The summed E-state index contributed by atoms with van der Waals surface area (Å²) in [7, 11) is 0. The molecule has 2 fully saturated rings. The van der Waals surface area contributed by atoms with Crippen LogP contribution in [-0.2, 0) is 4.79 Å². The first-order chi connectivity index (χ1) is 12.1. The summed E-state index contributed by atoms with van der Waals surface area (Å²) in [4.78, 5) is 14.6. The van der Waals surface area contributed by atoms with Gasteiger partial charge in [0.05, 0.1) is 5.02 Å². The van der Waals surface area contributed by atoms with E-state index in [0.717, 1.165) is 19.5 Å². The Balaban J connectivity index is 1.41. The molecular weight excluding hydrogens is 343 g/mol. The van der Waals surface area contributed by atoms with E-state index in [0.29, 0.717) is 11.8 Å². The Morgan fingerprint density at radius 1 is 1.24 bits per heavy atom. The first-order valence-electron chi connectivity index (χ1n) is 9.23. The summed E-state index contributed by atoms with van der Waals surface area (Å²) in [5, 5.41) is 3.04. The summed E-state index contributed by atoms with van der Waals surface area (Å²) in [5.41, 5.74) is 0. The summed E-state index contributed by atoms with van der Waals surface area (Å²) >= 11 is 5.71. The van der Waals surface area contributed by atoms with E-state index >= 15 is 0 Å². The minimum Gasteiger partial charge on any atom is -0.484 e. The lowest BCUT2D eigenvalue weighted by atomic mass is 10.1. The van der Waals surface area contributed by atoms with E-state index in [9.17, 15) is 9.18 Å². The summed E-state index contributed by atoms with van der Waals surface area (Å²) in [6, 6.07) is 4.96. The molecule has 25 heavy (non-hydrogen) atoms. The molecule has 1 saturated heterocycles. The van der Waals surface area contributed by atoms with Crippen LogP contribution in [0.1, 0.15) is 44.9 Å². The van der Waals surface area contributed by atoms with Gasteiger partial charge in [-0.2, -0.15) is 0 Å². The molecule has 1 aliphatic heterocycles. The molecule has 1 atom stereocenters. The van der Waals surface area contributed by atoms with Gasteiger partial charge in [0.25, 0.3) is 5.91 Å². The molecule has 1 aromatic rings. The van der Waals surface area contributed by atoms with Crippen molar-refractivity contribution in [1.82, 2.24) is 10.2 Å². The molecule has 1 aliphatic carbocycles. The van der Waals surface area contributed by atoms with Crippen LogP contribution in [0, 0.1) is 5.82 Å². The molecule has 0 aromatic heterocycles. The number of amides is 1. The quantitative estimate of drug-likeness (QED) is 0.804. The second-order valence-corrected chi connectivity index (χ2v) is 7.47. The Bertz CT molecular complexity index is 591. The van der Waals surface area contributed by atoms with Crippen LogP contribution in [0.25, 0.3) is 0 Å². The van der Waals surface area contributed by atoms with Gasteiger partial charge in [0.2, 0.25) is 0 Å². The van der Waals surface area contributed by atoms with Crippen LogP contribution in [0.3, 0.4) is 0 Å². The van der Waals surface area contributed by atoms with Crippen LogP contribution >= 0.6 is 11.6 Å². The summed E-state index contributed by atoms with van der Waals surface area (Å²) in [5.74, 6) is -0.246. The van der Waals surface area contributed by atoms with Crippen molar-refractivity contribution in [3.05, 3.63) is 29.0 Å². The number of rotatable bonds is 5. The summed E-state index contributed by atoms with van der Waals surface area (Å²) in [6.07, 6.45) is 8.93. The van der Waals surface area contributed by atoms with E-state index in [1.807, 2.05) is 0 Å². The molecule has 4 nitrogen and oxygen atoms in total. The van der Waals surface area contributed by atoms with Crippen molar-refractivity contribution in [3.63, 3.8) is 0 Å². The summed E-state index contributed by atoms with van der Waals surface area (Å²) < 4.78 is 18.5. The number of carbonyl (C=O) groups excluding carboxylic acids is 1. The van der Waals surface area contributed by atoms with E-state index in [4.69, 9.17) is 16.3 Å². The molecule has 1 heterocycles. The highest BCUT2D eigenvalue weighted by Gasteiger charge is 2.29. The maximum absolute atomic E-state index is 13.1. The zero-order valence-electron chi connectivity index (χ0n) is 14.5. The van der Waals surface area contributed by atoms with Gasteiger partial charge in [0.15, 0.2) is 6.61 Å². The molecule has 6 heteroatoms. The molecule has 1 N–H and O–H groups in total. The first kappa shape index (κ1) is 18.5. The maximum Gasteiger partial charge on any atom is 0.258 e. The monoisotopic (exact) mass is 368 g/mol. The van der Waals surface area contributed by atoms with Gasteiger partial charge < -0.3 is 10.1 Å². The van der Waals surface area contributed by atoms with Gasteiger partial charge in [-0.15, -0.1) is 0 Å². The van der Waals surface area contributed by atoms with Crippen molar-refractivity contribution in [2.24, 2.45) is 0 Å². The number of ether oxygens (including phenoxy) is 1.